The summed E-state index contributed by atoms with van der Waals surface area (Å²) in [5.74, 6) is -0.743. The first kappa shape index (κ1) is 18.7. The predicted molar refractivity (Wildman–Crippen MR) is 102 cm³/mol. The molecule has 7 heteroatoms. The predicted octanol–water partition coefficient (Wildman–Crippen LogP) is 2.88. The molecular weight excluding hydrogens is 346 g/mol. The van der Waals surface area contributed by atoms with Crippen LogP contribution in [0.4, 0.5) is 10.5 Å². The van der Waals surface area contributed by atoms with Crippen molar-refractivity contribution in [2.75, 3.05) is 18.4 Å². The van der Waals surface area contributed by atoms with Crippen LogP contribution in [0.5, 0.6) is 5.75 Å². The third-order valence-electron chi connectivity index (χ3n) is 4.55. The van der Waals surface area contributed by atoms with Crippen molar-refractivity contribution >= 4 is 17.7 Å². The van der Waals surface area contributed by atoms with Crippen LogP contribution >= 0.6 is 0 Å². The molecule has 0 bridgehead atoms. The monoisotopic (exact) mass is 369 g/mol. The molecule has 1 saturated heterocycles. The molecule has 2 aromatic carbocycles. The first-order valence-corrected chi connectivity index (χ1v) is 8.91. The summed E-state index contributed by atoms with van der Waals surface area (Å²) in [6.45, 7) is 2.41. The number of hydrogen-bond donors (Lipinski definition) is 4. The van der Waals surface area contributed by atoms with Crippen molar-refractivity contribution in [1.82, 2.24) is 10.2 Å². The van der Waals surface area contributed by atoms with Gasteiger partial charge in [0.05, 0.1) is 5.56 Å². The number of carboxylic acids is 1. The van der Waals surface area contributed by atoms with Crippen molar-refractivity contribution in [3.63, 3.8) is 0 Å². The summed E-state index contributed by atoms with van der Waals surface area (Å²) in [5.41, 5.74) is 1.76. The molecule has 4 N–H and O–H groups in total. The Kier molecular flexibility index (Phi) is 5.93. The lowest BCUT2D eigenvalue weighted by molar-refractivity contribution is 0.0697. The summed E-state index contributed by atoms with van der Waals surface area (Å²) in [7, 11) is 0. The largest absolute Gasteiger partial charge is 0.508 e. The van der Waals surface area contributed by atoms with E-state index in [1.165, 1.54) is 12.1 Å². The third kappa shape index (κ3) is 5.46. The van der Waals surface area contributed by atoms with E-state index >= 15 is 0 Å². The van der Waals surface area contributed by atoms with E-state index in [0.717, 1.165) is 38.0 Å². The summed E-state index contributed by atoms with van der Waals surface area (Å²) in [6.07, 6.45) is 1.89. The summed E-state index contributed by atoms with van der Waals surface area (Å²) in [4.78, 5) is 25.3. The van der Waals surface area contributed by atoms with E-state index in [4.69, 9.17) is 5.11 Å². The fourth-order valence-corrected chi connectivity index (χ4v) is 3.28. The zero-order valence-corrected chi connectivity index (χ0v) is 14.9. The SMILES string of the molecule is O=C(Nc1ccc(C(=O)O)cc1)N[C@H]1CCCN(Cc2cccc(O)c2)C1. The molecule has 0 unspecified atom stereocenters. The van der Waals surface area contributed by atoms with Gasteiger partial charge in [0.1, 0.15) is 5.75 Å². The smallest absolute Gasteiger partial charge is 0.335 e. The fourth-order valence-electron chi connectivity index (χ4n) is 3.28. The van der Waals surface area contributed by atoms with Crippen LogP contribution in [0.1, 0.15) is 28.8 Å². The average molecular weight is 369 g/mol. The number of urea groups is 1. The number of carbonyl (C=O) groups excluding carboxylic acids is 1. The maximum absolute atomic E-state index is 12.2. The molecule has 1 aliphatic heterocycles. The number of hydrogen-bond acceptors (Lipinski definition) is 4. The van der Waals surface area contributed by atoms with E-state index in [9.17, 15) is 14.7 Å². The molecule has 2 amide bonds. The number of phenols is 1. The minimum atomic E-state index is -1.000. The Bertz CT molecular complexity index is 807. The van der Waals surface area contributed by atoms with E-state index in [0.29, 0.717) is 5.69 Å². The number of aromatic hydroxyl groups is 1. The summed E-state index contributed by atoms with van der Waals surface area (Å²) in [6, 6.07) is 13.0. The van der Waals surface area contributed by atoms with Gasteiger partial charge in [-0.25, -0.2) is 9.59 Å². The summed E-state index contributed by atoms with van der Waals surface area (Å²) >= 11 is 0. The van der Waals surface area contributed by atoms with E-state index < -0.39 is 5.97 Å². The third-order valence-corrected chi connectivity index (χ3v) is 4.55. The highest BCUT2D eigenvalue weighted by Gasteiger charge is 2.21. The van der Waals surface area contributed by atoms with Crippen LogP contribution in [0.25, 0.3) is 0 Å². The summed E-state index contributed by atoms with van der Waals surface area (Å²) < 4.78 is 0. The minimum Gasteiger partial charge on any atom is -0.508 e. The highest BCUT2D eigenvalue weighted by atomic mass is 16.4. The second kappa shape index (κ2) is 8.55. The van der Waals surface area contributed by atoms with Gasteiger partial charge in [0.2, 0.25) is 0 Å². The summed E-state index contributed by atoms with van der Waals surface area (Å²) in [5, 5.41) is 24.2. The minimum absolute atomic E-state index is 0.0364. The number of nitrogens with one attached hydrogen (secondary N) is 2. The molecule has 1 heterocycles. The number of anilines is 1. The first-order chi connectivity index (χ1) is 13.0. The molecular formula is C20H23N3O4. The number of phenolic OH excluding ortho intramolecular Hbond substituents is 1. The van der Waals surface area contributed by atoms with Crippen LogP contribution in [0.3, 0.4) is 0 Å². The lowest BCUT2D eigenvalue weighted by Gasteiger charge is -2.33. The van der Waals surface area contributed by atoms with Crippen molar-refractivity contribution in [2.24, 2.45) is 0 Å². The Balaban J connectivity index is 1.50. The first-order valence-electron chi connectivity index (χ1n) is 8.91. The molecule has 1 fully saturated rings. The average Bonchev–Trinajstić information content (AvgIpc) is 2.62. The van der Waals surface area contributed by atoms with Gasteiger partial charge >= 0.3 is 12.0 Å². The van der Waals surface area contributed by atoms with E-state index in [1.807, 2.05) is 12.1 Å². The van der Waals surface area contributed by atoms with Gasteiger partial charge in [-0.1, -0.05) is 12.1 Å². The Labute approximate surface area is 157 Å². The van der Waals surface area contributed by atoms with E-state index in [1.54, 1.807) is 24.3 Å². The number of benzene rings is 2. The number of carbonyl (C=O) groups is 2. The maximum atomic E-state index is 12.2. The van der Waals surface area contributed by atoms with Gasteiger partial charge in [0, 0.05) is 24.8 Å². The number of carboxylic acid groups (broad SMARTS) is 1. The van der Waals surface area contributed by atoms with Crippen LogP contribution in [0.2, 0.25) is 0 Å². The number of amides is 2. The molecule has 0 saturated carbocycles. The second-order valence-electron chi connectivity index (χ2n) is 6.73. The van der Waals surface area contributed by atoms with Crippen molar-refractivity contribution in [3.8, 4) is 5.75 Å². The highest BCUT2D eigenvalue weighted by Crippen LogP contribution is 2.17. The van der Waals surface area contributed by atoms with Gasteiger partial charge in [0.25, 0.3) is 0 Å². The van der Waals surface area contributed by atoms with Gasteiger partial charge < -0.3 is 20.8 Å². The molecule has 27 heavy (non-hydrogen) atoms. The number of rotatable bonds is 5. The van der Waals surface area contributed by atoms with E-state index in [2.05, 4.69) is 15.5 Å². The second-order valence-corrected chi connectivity index (χ2v) is 6.73. The molecule has 3 rings (SSSR count). The lowest BCUT2D eigenvalue weighted by Crippen LogP contribution is -2.48. The Morgan fingerprint density at radius 3 is 2.63 bits per heavy atom. The molecule has 0 aliphatic carbocycles. The maximum Gasteiger partial charge on any atom is 0.335 e. The van der Waals surface area contributed by atoms with Crippen molar-refractivity contribution in [2.45, 2.75) is 25.4 Å². The van der Waals surface area contributed by atoms with Crippen LogP contribution in [-0.2, 0) is 6.54 Å². The van der Waals surface area contributed by atoms with Crippen molar-refractivity contribution in [1.29, 1.82) is 0 Å². The number of piperidine rings is 1. The molecule has 1 aliphatic rings. The van der Waals surface area contributed by atoms with Crippen LogP contribution in [0, 0.1) is 0 Å². The number of likely N-dealkylation sites (tertiary alicyclic amines) is 1. The van der Waals surface area contributed by atoms with Gasteiger partial charge in [-0.3, -0.25) is 4.90 Å². The van der Waals surface area contributed by atoms with Crippen molar-refractivity contribution in [3.05, 3.63) is 59.7 Å². The zero-order valence-electron chi connectivity index (χ0n) is 14.9. The van der Waals surface area contributed by atoms with Gasteiger partial charge in [-0.05, 0) is 61.3 Å². The highest BCUT2D eigenvalue weighted by molar-refractivity contribution is 5.91. The topological polar surface area (TPSA) is 102 Å². The molecule has 7 nitrogen and oxygen atoms in total. The molecule has 0 radical (unpaired) electrons. The van der Waals surface area contributed by atoms with Crippen molar-refractivity contribution < 1.29 is 19.8 Å². The molecule has 2 aromatic rings. The zero-order chi connectivity index (χ0) is 19.2. The van der Waals surface area contributed by atoms with Crippen LogP contribution in [-0.4, -0.2) is 46.2 Å². The van der Waals surface area contributed by atoms with Gasteiger partial charge in [-0.2, -0.15) is 0 Å². The number of nitrogens with zero attached hydrogens (tertiary/aromatic N) is 1. The standard InChI is InChI=1S/C20H23N3O4/c24-18-5-1-3-14(11-18)12-23-10-2-4-17(13-23)22-20(27)21-16-8-6-15(7-9-16)19(25)26/h1,3,5-9,11,17,24H,2,4,10,12-13H2,(H,25,26)(H2,21,22,27)/t17-/m0/s1. The number of aromatic carboxylic acids is 1. The quantitative estimate of drug-likeness (QED) is 0.649. The molecule has 1 atom stereocenters. The Morgan fingerprint density at radius 1 is 1.15 bits per heavy atom. The van der Waals surface area contributed by atoms with Crippen LogP contribution in [0.15, 0.2) is 48.5 Å². The normalized spacial score (nSPS) is 17.3. The molecule has 0 spiro atoms. The van der Waals surface area contributed by atoms with Crippen LogP contribution < -0.4 is 10.6 Å². The van der Waals surface area contributed by atoms with Gasteiger partial charge in [0.15, 0.2) is 0 Å². The fraction of sp³-hybridized carbons (Fsp3) is 0.300. The lowest BCUT2D eigenvalue weighted by atomic mass is 10.0. The Morgan fingerprint density at radius 2 is 1.93 bits per heavy atom. The van der Waals surface area contributed by atoms with E-state index in [-0.39, 0.29) is 23.4 Å². The van der Waals surface area contributed by atoms with Gasteiger partial charge in [-0.15, -0.1) is 0 Å². The Hall–Kier alpha value is -3.06. The molecule has 0 aromatic heterocycles. The molecule has 142 valence electrons.